The molecule has 7 heteroatoms. The Balaban J connectivity index is 1.99. The third kappa shape index (κ3) is 3.75. The molecule has 0 bridgehead atoms. The van der Waals surface area contributed by atoms with Crippen molar-refractivity contribution in [3.8, 4) is 0 Å². The molecule has 0 N–H and O–H groups in total. The summed E-state index contributed by atoms with van der Waals surface area (Å²) in [7, 11) is 1.29. The van der Waals surface area contributed by atoms with Crippen molar-refractivity contribution < 1.29 is 19.1 Å². The van der Waals surface area contributed by atoms with Crippen molar-refractivity contribution in [2.45, 2.75) is 13.5 Å². The lowest BCUT2D eigenvalue weighted by atomic mass is 10.0. The molecule has 27 heavy (non-hydrogen) atoms. The Hall–Kier alpha value is -2.63. The quantitative estimate of drug-likeness (QED) is 0.573. The maximum Gasteiger partial charge on any atom is 0.341 e. The fraction of sp³-hybridized carbons (Fsp3) is 0.150. The van der Waals surface area contributed by atoms with Gasteiger partial charge < -0.3 is 9.47 Å². The van der Waals surface area contributed by atoms with Crippen LogP contribution in [0, 0.1) is 6.92 Å². The summed E-state index contributed by atoms with van der Waals surface area (Å²) in [5.74, 6) is -1.25. The van der Waals surface area contributed by atoms with Crippen LogP contribution >= 0.6 is 23.2 Å². The highest BCUT2D eigenvalue weighted by Crippen LogP contribution is 2.27. The molecule has 138 valence electrons. The van der Waals surface area contributed by atoms with Crippen LogP contribution in [0.4, 0.5) is 0 Å². The van der Waals surface area contributed by atoms with E-state index in [1.165, 1.54) is 7.11 Å². The molecule has 0 aliphatic rings. The number of nitrogens with zero attached hydrogens (tertiary/aromatic N) is 1. The molecule has 0 fully saturated rings. The number of benzene rings is 2. The van der Waals surface area contributed by atoms with Gasteiger partial charge >= 0.3 is 11.9 Å². The lowest BCUT2D eigenvalue weighted by molar-refractivity contribution is 0.0456. The number of aryl methyl sites for hydroxylation is 1. The van der Waals surface area contributed by atoms with Crippen LogP contribution in [0.3, 0.4) is 0 Å². The highest BCUT2D eigenvalue weighted by molar-refractivity contribution is 6.39. The fourth-order valence-electron chi connectivity index (χ4n) is 2.82. The Morgan fingerprint density at radius 2 is 1.63 bits per heavy atom. The van der Waals surface area contributed by atoms with Gasteiger partial charge in [0.1, 0.15) is 6.61 Å². The number of aromatic nitrogens is 1. The second-order valence-corrected chi connectivity index (χ2v) is 6.55. The monoisotopic (exact) mass is 403 g/mol. The lowest BCUT2D eigenvalue weighted by Gasteiger charge is -2.14. The zero-order valence-electron chi connectivity index (χ0n) is 14.6. The molecule has 0 spiro atoms. The number of halogens is 2. The first-order valence-corrected chi connectivity index (χ1v) is 8.77. The molecule has 3 rings (SSSR count). The summed E-state index contributed by atoms with van der Waals surface area (Å²) in [5.41, 5.74) is 2.03. The van der Waals surface area contributed by atoms with Gasteiger partial charge in [0.2, 0.25) is 0 Å². The smallest absolute Gasteiger partial charge is 0.341 e. The molecule has 0 amide bonds. The van der Waals surface area contributed by atoms with E-state index in [1.807, 2.05) is 24.3 Å². The van der Waals surface area contributed by atoms with Gasteiger partial charge in [-0.3, -0.25) is 0 Å². The Kier molecular flexibility index (Phi) is 5.63. The normalized spacial score (nSPS) is 10.7. The van der Waals surface area contributed by atoms with E-state index in [2.05, 4.69) is 4.98 Å². The maximum absolute atomic E-state index is 12.4. The predicted octanol–water partition coefficient (Wildman–Crippen LogP) is 4.99. The molecule has 0 saturated heterocycles. The third-order valence-electron chi connectivity index (χ3n) is 4.12. The van der Waals surface area contributed by atoms with Gasteiger partial charge in [0.05, 0.1) is 39.5 Å². The summed E-state index contributed by atoms with van der Waals surface area (Å²) in [6.07, 6.45) is 0. The topological polar surface area (TPSA) is 65.5 Å². The molecule has 0 aliphatic heterocycles. The highest BCUT2D eigenvalue weighted by atomic mass is 35.5. The summed E-state index contributed by atoms with van der Waals surface area (Å²) in [5, 5.41) is 1.19. The van der Waals surface area contributed by atoms with Gasteiger partial charge in [-0.25, -0.2) is 14.6 Å². The molecule has 0 atom stereocenters. The van der Waals surface area contributed by atoms with E-state index in [-0.39, 0.29) is 27.8 Å². The number of hydrogen-bond acceptors (Lipinski definition) is 5. The van der Waals surface area contributed by atoms with Crippen LogP contribution in [-0.4, -0.2) is 24.0 Å². The minimum absolute atomic E-state index is 0.0676. The zero-order valence-corrected chi connectivity index (χ0v) is 16.1. The summed E-state index contributed by atoms with van der Waals surface area (Å²) >= 11 is 12.1. The first-order valence-electron chi connectivity index (χ1n) is 8.01. The van der Waals surface area contributed by atoms with Crippen molar-refractivity contribution in [3.05, 3.63) is 74.9 Å². The second-order valence-electron chi connectivity index (χ2n) is 5.74. The first kappa shape index (κ1) is 19.1. The molecule has 5 nitrogen and oxygen atoms in total. The molecule has 0 radical (unpaired) electrons. The summed E-state index contributed by atoms with van der Waals surface area (Å²) in [6.45, 7) is 1.57. The van der Waals surface area contributed by atoms with E-state index in [0.29, 0.717) is 16.8 Å². The average Bonchev–Trinajstić information content (AvgIpc) is 2.66. The number of carbonyl (C=O) groups excluding carboxylic acids is 2. The number of rotatable bonds is 4. The molecule has 3 aromatic rings. The predicted molar refractivity (Wildman–Crippen MR) is 103 cm³/mol. The van der Waals surface area contributed by atoms with Crippen molar-refractivity contribution in [2.24, 2.45) is 0 Å². The van der Waals surface area contributed by atoms with Crippen molar-refractivity contribution in [1.82, 2.24) is 4.98 Å². The van der Waals surface area contributed by atoms with Crippen molar-refractivity contribution in [2.75, 3.05) is 7.11 Å². The van der Waals surface area contributed by atoms with Crippen LogP contribution in [0.2, 0.25) is 10.0 Å². The van der Waals surface area contributed by atoms with E-state index in [4.69, 9.17) is 32.7 Å². The fourth-order valence-corrected chi connectivity index (χ4v) is 3.37. The molecule has 0 saturated carbocycles. The Labute approximate surface area is 165 Å². The zero-order chi connectivity index (χ0) is 19.6. The molecule has 2 aromatic carbocycles. The van der Waals surface area contributed by atoms with Gasteiger partial charge in [-0.15, -0.1) is 0 Å². The number of ether oxygens (including phenoxy) is 2. The maximum atomic E-state index is 12.4. The standard InChI is InChI=1S/C20H15Cl2NO4/c1-11-12-6-3-4-9-15(12)23-16(17(11)19(24)26-2)10-27-20(25)18-13(21)7-5-8-14(18)22/h3-9H,10H2,1-2H3. The van der Waals surface area contributed by atoms with Gasteiger partial charge in [-0.2, -0.15) is 0 Å². The van der Waals surface area contributed by atoms with Gasteiger partial charge in [-0.1, -0.05) is 47.5 Å². The van der Waals surface area contributed by atoms with E-state index in [1.54, 1.807) is 25.1 Å². The Morgan fingerprint density at radius 1 is 0.963 bits per heavy atom. The molecular weight excluding hydrogens is 389 g/mol. The number of methoxy groups -OCH3 is 1. The molecule has 1 aromatic heterocycles. The largest absolute Gasteiger partial charge is 0.465 e. The number of fused-ring (bicyclic) bond motifs is 1. The van der Waals surface area contributed by atoms with E-state index >= 15 is 0 Å². The van der Waals surface area contributed by atoms with Crippen LogP contribution in [0.1, 0.15) is 32.0 Å². The number of hydrogen-bond donors (Lipinski definition) is 0. The summed E-state index contributed by atoms with van der Waals surface area (Å²) in [4.78, 5) is 29.2. The van der Waals surface area contributed by atoms with Gasteiger partial charge in [0.15, 0.2) is 0 Å². The van der Waals surface area contributed by atoms with Gasteiger partial charge in [0, 0.05) is 5.39 Å². The number of para-hydroxylation sites is 1. The average molecular weight is 404 g/mol. The van der Waals surface area contributed by atoms with Crippen LogP contribution in [0.15, 0.2) is 42.5 Å². The Morgan fingerprint density at radius 3 is 2.30 bits per heavy atom. The third-order valence-corrected chi connectivity index (χ3v) is 4.75. The van der Waals surface area contributed by atoms with Crippen molar-refractivity contribution in [1.29, 1.82) is 0 Å². The van der Waals surface area contributed by atoms with Gasteiger partial charge in [0.25, 0.3) is 0 Å². The number of esters is 2. The van der Waals surface area contributed by atoms with E-state index in [0.717, 1.165) is 5.39 Å². The van der Waals surface area contributed by atoms with Gasteiger partial charge in [-0.05, 0) is 30.7 Å². The number of pyridine rings is 1. The van der Waals surface area contributed by atoms with Crippen molar-refractivity contribution >= 4 is 46.0 Å². The van der Waals surface area contributed by atoms with Crippen LogP contribution < -0.4 is 0 Å². The minimum atomic E-state index is -0.700. The molecular formula is C20H15Cl2NO4. The number of carbonyl (C=O) groups is 2. The minimum Gasteiger partial charge on any atom is -0.465 e. The second kappa shape index (κ2) is 7.94. The molecule has 0 unspecified atom stereocenters. The summed E-state index contributed by atoms with van der Waals surface area (Å²) in [6, 6.07) is 12.1. The lowest BCUT2D eigenvalue weighted by Crippen LogP contribution is -2.14. The Bertz CT molecular complexity index is 1030. The molecule has 0 aliphatic carbocycles. The SMILES string of the molecule is COC(=O)c1c(COC(=O)c2c(Cl)cccc2Cl)nc2ccccc2c1C. The first-order chi connectivity index (χ1) is 12.9. The van der Waals surface area contributed by atoms with E-state index in [9.17, 15) is 9.59 Å². The van der Waals surface area contributed by atoms with Crippen LogP contribution in [0.25, 0.3) is 10.9 Å². The van der Waals surface area contributed by atoms with Crippen LogP contribution in [-0.2, 0) is 16.1 Å². The van der Waals surface area contributed by atoms with Crippen LogP contribution in [0.5, 0.6) is 0 Å². The summed E-state index contributed by atoms with van der Waals surface area (Å²) < 4.78 is 10.2. The molecule has 1 heterocycles. The van der Waals surface area contributed by atoms with E-state index < -0.39 is 11.9 Å². The highest BCUT2D eigenvalue weighted by Gasteiger charge is 2.22. The van der Waals surface area contributed by atoms with Crippen molar-refractivity contribution in [3.63, 3.8) is 0 Å².